The van der Waals surface area contributed by atoms with Gasteiger partial charge in [-0.3, -0.25) is 0 Å². The Morgan fingerprint density at radius 3 is 2.20 bits per heavy atom. The molecular weight excluding hydrogens is 250 g/mol. The van der Waals surface area contributed by atoms with Gasteiger partial charge in [-0.05, 0) is 29.7 Å². The normalized spacial score (nSPS) is 10.4. The molecular formula is C17H21NO2. The first kappa shape index (κ1) is 14.6. The van der Waals surface area contributed by atoms with Gasteiger partial charge in [-0.2, -0.15) is 0 Å². The van der Waals surface area contributed by atoms with Crippen LogP contribution >= 0.6 is 0 Å². The SMILES string of the molecule is NCc1ccc(OCCOCCc2ccccc2)cc1. The minimum absolute atomic E-state index is 0.558. The first-order chi connectivity index (χ1) is 9.88. The monoisotopic (exact) mass is 271 g/mol. The van der Waals surface area contributed by atoms with Crippen molar-refractivity contribution in [1.29, 1.82) is 0 Å². The Labute approximate surface area is 120 Å². The standard InChI is InChI=1S/C17H21NO2/c18-14-16-6-8-17(9-7-16)20-13-12-19-11-10-15-4-2-1-3-5-15/h1-9H,10-14,18H2. The van der Waals surface area contributed by atoms with E-state index in [9.17, 15) is 0 Å². The fraction of sp³-hybridized carbons (Fsp3) is 0.294. The van der Waals surface area contributed by atoms with Crippen LogP contribution in [0, 0.1) is 0 Å². The minimum atomic E-state index is 0.558. The third-order valence-electron chi connectivity index (χ3n) is 3.03. The fourth-order valence-electron chi connectivity index (χ4n) is 1.88. The smallest absolute Gasteiger partial charge is 0.119 e. The van der Waals surface area contributed by atoms with Crippen molar-refractivity contribution < 1.29 is 9.47 Å². The molecule has 0 spiro atoms. The fourth-order valence-corrected chi connectivity index (χ4v) is 1.88. The van der Waals surface area contributed by atoms with E-state index in [0.29, 0.717) is 19.8 Å². The highest BCUT2D eigenvalue weighted by Gasteiger charge is 1.95. The van der Waals surface area contributed by atoms with Crippen molar-refractivity contribution >= 4 is 0 Å². The predicted octanol–water partition coefficient (Wildman–Crippen LogP) is 2.78. The molecule has 0 radical (unpaired) electrons. The summed E-state index contributed by atoms with van der Waals surface area (Å²) in [5.41, 5.74) is 7.95. The van der Waals surface area contributed by atoms with Crippen LogP contribution in [0.4, 0.5) is 0 Å². The van der Waals surface area contributed by atoms with E-state index in [2.05, 4.69) is 12.1 Å². The van der Waals surface area contributed by atoms with Crippen LogP contribution in [0.15, 0.2) is 54.6 Å². The molecule has 0 aliphatic rings. The van der Waals surface area contributed by atoms with Gasteiger partial charge in [0.2, 0.25) is 0 Å². The van der Waals surface area contributed by atoms with Crippen molar-refractivity contribution in [2.24, 2.45) is 5.73 Å². The van der Waals surface area contributed by atoms with E-state index >= 15 is 0 Å². The van der Waals surface area contributed by atoms with Crippen molar-refractivity contribution in [2.75, 3.05) is 19.8 Å². The van der Waals surface area contributed by atoms with Gasteiger partial charge >= 0.3 is 0 Å². The highest BCUT2D eigenvalue weighted by atomic mass is 16.5. The second-order valence-corrected chi connectivity index (χ2v) is 4.54. The summed E-state index contributed by atoms with van der Waals surface area (Å²) in [6.07, 6.45) is 0.937. The van der Waals surface area contributed by atoms with Crippen LogP contribution in [-0.2, 0) is 17.7 Å². The molecule has 20 heavy (non-hydrogen) atoms. The van der Waals surface area contributed by atoms with Gasteiger partial charge in [0.15, 0.2) is 0 Å². The van der Waals surface area contributed by atoms with Gasteiger partial charge in [0.1, 0.15) is 12.4 Å². The van der Waals surface area contributed by atoms with E-state index in [-0.39, 0.29) is 0 Å². The van der Waals surface area contributed by atoms with Crippen LogP contribution < -0.4 is 10.5 Å². The molecule has 0 aliphatic heterocycles. The Balaban J connectivity index is 1.57. The Kier molecular flexibility index (Phi) is 6.08. The van der Waals surface area contributed by atoms with E-state index < -0.39 is 0 Å². The Morgan fingerprint density at radius 1 is 0.750 bits per heavy atom. The Hall–Kier alpha value is -1.84. The molecule has 2 aromatic carbocycles. The largest absolute Gasteiger partial charge is 0.491 e. The summed E-state index contributed by atoms with van der Waals surface area (Å²) < 4.78 is 11.2. The number of ether oxygens (including phenoxy) is 2. The molecule has 2 aromatic rings. The number of nitrogens with two attached hydrogens (primary N) is 1. The summed E-state index contributed by atoms with van der Waals surface area (Å²) >= 11 is 0. The number of hydrogen-bond acceptors (Lipinski definition) is 3. The van der Waals surface area contributed by atoms with E-state index in [1.54, 1.807) is 0 Å². The number of hydrogen-bond donors (Lipinski definition) is 1. The summed E-state index contributed by atoms with van der Waals surface area (Å²) in [7, 11) is 0. The van der Waals surface area contributed by atoms with Gasteiger partial charge in [-0.15, -0.1) is 0 Å². The summed E-state index contributed by atoms with van der Waals surface area (Å²) in [4.78, 5) is 0. The van der Waals surface area contributed by atoms with Gasteiger partial charge in [-0.1, -0.05) is 42.5 Å². The molecule has 0 saturated carbocycles. The molecule has 3 heteroatoms. The van der Waals surface area contributed by atoms with Crippen LogP contribution in [0.5, 0.6) is 5.75 Å². The maximum Gasteiger partial charge on any atom is 0.119 e. The highest BCUT2D eigenvalue weighted by molar-refractivity contribution is 5.27. The van der Waals surface area contributed by atoms with Gasteiger partial charge in [0.05, 0.1) is 13.2 Å². The molecule has 2 N–H and O–H groups in total. The molecule has 106 valence electrons. The first-order valence-corrected chi connectivity index (χ1v) is 6.92. The van der Waals surface area contributed by atoms with E-state index in [0.717, 1.165) is 24.3 Å². The average Bonchev–Trinajstić information content (AvgIpc) is 2.52. The topological polar surface area (TPSA) is 44.5 Å². The average molecular weight is 271 g/mol. The highest BCUT2D eigenvalue weighted by Crippen LogP contribution is 2.11. The van der Waals surface area contributed by atoms with Gasteiger partial charge in [0, 0.05) is 6.54 Å². The van der Waals surface area contributed by atoms with Crippen LogP contribution in [-0.4, -0.2) is 19.8 Å². The lowest BCUT2D eigenvalue weighted by Gasteiger charge is -2.08. The Morgan fingerprint density at radius 2 is 1.50 bits per heavy atom. The second-order valence-electron chi connectivity index (χ2n) is 4.54. The quantitative estimate of drug-likeness (QED) is 0.751. The Bertz CT molecular complexity index is 482. The molecule has 0 aromatic heterocycles. The van der Waals surface area contributed by atoms with Crippen molar-refractivity contribution in [3.05, 3.63) is 65.7 Å². The summed E-state index contributed by atoms with van der Waals surface area (Å²) in [6.45, 7) is 2.45. The second kappa shape index (κ2) is 8.35. The van der Waals surface area contributed by atoms with Crippen molar-refractivity contribution in [2.45, 2.75) is 13.0 Å². The molecule has 3 nitrogen and oxygen atoms in total. The van der Waals surface area contributed by atoms with E-state index in [1.807, 2.05) is 42.5 Å². The van der Waals surface area contributed by atoms with E-state index in [4.69, 9.17) is 15.2 Å². The van der Waals surface area contributed by atoms with Crippen LogP contribution in [0.25, 0.3) is 0 Å². The molecule has 0 fully saturated rings. The predicted molar refractivity (Wildman–Crippen MR) is 80.8 cm³/mol. The molecule has 0 aliphatic carbocycles. The molecule has 0 saturated heterocycles. The maximum absolute atomic E-state index is 5.59. The van der Waals surface area contributed by atoms with Crippen LogP contribution in [0.1, 0.15) is 11.1 Å². The third-order valence-corrected chi connectivity index (χ3v) is 3.03. The summed E-state index contributed by atoms with van der Waals surface area (Å²) in [5, 5.41) is 0. The van der Waals surface area contributed by atoms with Crippen LogP contribution in [0.3, 0.4) is 0 Å². The third kappa shape index (κ3) is 5.03. The van der Waals surface area contributed by atoms with Gasteiger partial charge in [0.25, 0.3) is 0 Å². The number of rotatable bonds is 8. The maximum atomic E-state index is 5.59. The summed E-state index contributed by atoms with van der Waals surface area (Å²) in [6, 6.07) is 18.2. The van der Waals surface area contributed by atoms with E-state index in [1.165, 1.54) is 5.56 Å². The number of benzene rings is 2. The lowest BCUT2D eigenvalue weighted by Crippen LogP contribution is -2.08. The molecule has 2 rings (SSSR count). The summed E-state index contributed by atoms with van der Waals surface area (Å²) in [5.74, 6) is 0.855. The van der Waals surface area contributed by atoms with Gasteiger partial charge < -0.3 is 15.2 Å². The zero-order chi connectivity index (χ0) is 14.0. The molecule has 0 heterocycles. The molecule has 0 amide bonds. The zero-order valence-corrected chi connectivity index (χ0v) is 11.6. The minimum Gasteiger partial charge on any atom is -0.491 e. The first-order valence-electron chi connectivity index (χ1n) is 6.92. The molecule has 0 bridgehead atoms. The lowest BCUT2D eigenvalue weighted by molar-refractivity contribution is 0.102. The van der Waals surface area contributed by atoms with Crippen molar-refractivity contribution in [3.63, 3.8) is 0 Å². The lowest BCUT2D eigenvalue weighted by atomic mass is 10.2. The van der Waals surface area contributed by atoms with Crippen molar-refractivity contribution in [1.82, 2.24) is 0 Å². The molecule has 0 atom stereocenters. The van der Waals surface area contributed by atoms with Gasteiger partial charge in [-0.25, -0.2) is 0 Å². The zero-order valence-electron chi connectivity index (χ0n) is 11.6. The van der Waals surface area contributed by atoms with Crippen LogP contribution in [0.2, 0.25) is 0 Å². The van der Waals surface area contributed by atoms with Crippen molar-refractivity contribution in [3.8, 4) is 5.75 Å². The molecule has 0 unspecified atom stereocenters.